The quantitative estimate of drug-likeness (QED) is 0.878. The molecule has 0 unspecified atom stereocenters. The number of aliphatic hydroxyl groups is 1. The van der Waals surface area contributed by atoms with Crippen molar-refractivity contribution in [2.75, 3.05) is 11.9 Å². The number of rotatable bonds is 5. The summed E-state index contributed by atoms with van der Waals surface area (Å²) in [4.78, 5) is 11.8. The Morgan fingerprint density at radius 2 is 1.85 bits per heavy atom. The van der Waals surface area contributed by atoms with Crippen LogP contribution in [0.25, 0.3) is 0 Å². The molecule has 0 bridgehead atoms. The second kappa shape index (κ2) is 6.73. The van der Waals surface area contributed by atoms with Gasteiger partial charge >= 0.3 is 0 Å². The van der Waals surface area contributed by atoms with Gasteiger partial charge in [-0.25, -0.2) is 0 Å². The fourth-order valence-electron chi connectivity index (χ4n) is 1.82. The molecule has 0 aromatic heterocycles. The van der Waals surface area contributed by atoms with E-state index in [9.17, 15) is 9.90 Å². The van der Waals surface area contributed by atoms with Crippen LogP contribution in [-0.2, 0) is 11.4 Å². The first-order chi connectivity index (χ1) is 9.70. The van der Waals surface area contributed by atoms with Crippen LogP contribution in [0.1, 0.15) is 11.1 Å². The van der Waals surface area contributed by atoms with Crippen LogP contribution in [0.4, 0.5) is 5.69 Å². The number of anilines is 1. The van der Waals surface area contributed by atoms with E-state index in [4.69, 9.17) is 4.74 Å². The van der Waals surface area contributed by atoms with Crippen molar-refractivity contribution in [3.8, 4) is 5.75 Å². The summed E-state index contributed by atoms with van der Waals surface area (Å²) in [6.45, 7) is 1.72. The maximum atomic E-state index is 11.8. The summed E-state index contributed by atoms with van der Waals surface area (Å²) in [6.07, 6.45) is 0. The van der Waals surface area contributed by atoms with Crippen molar-refractivity contribution in [2.45, 2.75) is 13.5 Å². The van der Waals surface area contributed by atoms with Crippen LogP contribution in [0.3, 0.4) is 0 Å². The molecule has 2 rings (SSSR count). The van der Waals surface area contributed by atoms with Crippen LogP contribution in [0.15, 0.2) is 48.5 Å². The molecule has 0 aliphatic heterocycles. The zero-order valence-corrected chi connectivity index (χ0v) is 11.3. The van der Waals surface area contributed by atoms with Crippen LogP contribution >= 0.6 is 0 Å². The minimum atomic E-state index is -0.230. The lowest BCUT2D eigenvalue weighted by Crippen LogP contribution is -2.21. The van der Waals surface area contributed by atoms with Crippen molar-refractivity contribution in [2.24, 2.45) is 0 Å². The van der Waals surface area contributed by atoms with Crippen LogP contribution in [0, 0.1) is 6.92 Å². The monoisotopic (exact) mass is 271 g/mol. The Balaban J connectivity index is 1.94. The molecule has 0 fully saturated rings. The van der Waals surface area contributed by atoms with Gasteiger partial charge in [-0.15, -0.1) is 0 Å². The summed E-state index contributed by atoms with van der Waals surface area (Å²) >= 11 is 0. The number of ether oxygens (including phenoxy) is 1. The summed E-state index contributed by atoms with van der Waals surface area (Å²) in [7, 11) is 0. The van der Waals surface area contributed by atoms with E-state index in [1.54, 1.807) is 18.2 Å². The average Bonchev–Trinajstić information content (AvgIpc) is 2.48. The molecule has 0 aliphatic carbocycles. The van der Waals surface area contributed by atoms with Crippen molar-refractivity contribution in [1.82, 2.24) is 0 Å². The molecule has 2 N–H and O–H groups in total. The summed E-state index contributed by atoms with van der Waals surface area (Å²) in [5.74, 6) is 0.293. The average molecular weight is 271 g/mol. The highest BCUT2D eigenvalue weighted by atomic mass is 16.5. The zero-order valence-electron chi connectivity index (χ0n) is 11.3. The van der Waals surface area contributed by atoms with E-state index in [0.29, 0.717) is 11.3 Å². The molecule has 0 radical (unpaired) electrons. The Hall–Kier alpha value is -2.33. The third-order valence-corrected chi connectivity index (χ3v) is 2.92. The molecule has 20 heavy (non-hydrogen) atoms. The second-order valence-electron chi connectivity index (χ2n) is 4.42. The van der Waals surface area contributed by atoms with E-state index in [-0.39, 0.29) is 19.1 Å². The predicted octanol–water partition coefficient (Wildman–Crippen LogP) is 2.50. The van der Waals surface area contributed by atoms with Crippen molar-refractivity contribution < 1.29 is 14.6 Å². The molecule has 0 saturated carbocycles. The molecule has 0 saturated heterocycles. The third kappa shape index (κ3) is 3.59. The Labute approximate surface area is 118 Å². The molecule has 1 amide bonds. The summed E-state index contributed by atoms with van der Waals surface area (Å²) in [5, 5.41) is 12.0. The van der Waals surface area contributed by atoms with Gasteiger partial charge in [-0.05, 0) is 24.6 Å². The maximum Gasteiger partial charge on any atom is 0.262 e. The molecule has 104 valence electrons. The molecule has 2 aromatic carbocycles. The number of hydrogen-bond donors (Lipinski definition) is 2. The Morgan fingerprint density at radius 1 is 1.15 bits per heavy atom. The van der Waals surface area contributed by atoms with Crippen molar-refractivity contribution in [3.05, 3.63) is 59.7 Å². The highest BCUT2D eigenvalue weighted by molar-refractivity contribution is 5.92. The SMILES string of the molecule is Cc1ccccc1NC(=O)COc1ccccc1CO. The van der Waals surface area contributed by atoms with E-state index >= 15 is 0 Å². The smallest absolute Gasteiger partial charge is 0.262 e. The van der Waals surface area contributed by atoms with Crippen molar-refractivity contribution in [1.29, 1.82) is 0 Å². The largest absolute Gasteiger partial charge is 0.483 e. The molecular weight excluding hydrogens is 254 g/mol. The fourth-order valence-corrected chi connectivity index (χ4v) is 1.82. The Morgan fingerprint density at radius 3 is 2.60 bits per heavy atom. The predicted molar refractivity (Wildman–Crippen MR) is 77.7 cm³/mol. The molecular formula is C16H17NO3. The number of aliphatic hydroxyl groups excluding tert-OH is 1. The number of carbonyl (C=O) groups is 1. The van der Waals surface area contributed by atoms with Crippen molar-refractivity contribution in [3.63, 3.8) is 0 Å². The third-order valence-electron chi connectivity index (χ3n) is 2.92. The van der Waals surface area contributed by atoms with Crippen LogP contribution in [0.2, 0.25) is 0 Å². The lowest BCUT2D eigenvalue weighted by atomic mass is 10.2. The first-order valence-electron chi connectivity index (χ1n) is 6.37. The number of amides is 1. The Bertz CT molecular complexity index is 596. The van der Waals surface area contributed by atoms with Gasteiger partial charge in [0.05, 0.1) is 6.61 Å². The minimum absolute atomic E-state index is 0.0919. The summed E-state index contributed by atoms with van der Waals surface area (Å²) in [6, 6.07) is 14.6. The van der Waals surface area contributed by atoms with Gasteiger partial charge < -0.3 is 15.2 Å². The van der Waals surface area contributed by atoms with Gasteiger partial charge in [0, 0.05) is 11.3 Å². The molecule has 2 aromatic rings. The first kappa shape index (κ1) is 14.1. The van der Waals surface area contributed by atoms with E-state index in [1.165, 1.54) is 0 Å². The number of carbonyl (C=O) groups excluding carboxylic acids is 1. The van der Waals surface area contributed by atoms with E-state index in [1.807, 2.05) is 37.3 Å². The molecule has 0 atom stereocenters. The van der Waals surface area contributed by atoms with Crippen LogP contribution in [0.5, 0.6) is 5.75 Å². The number of para-hydroxylation sites is 2. The molecule has 0 heterocycles. The highest BCUT2D eigenvalue weighted by Crippen LogP contribution is 2.18. The van der Waals surface area contributed by atoms with Gasteiger partial charge in [-0.3, -0.25) is 4.79 Å². The number of benzene rings is 2. The van der Waals surface area contributed by atoms with Gasteiger partial charge in [-0.1, -0.05) is 36.4 Å². The van der Waals surface area contributed by atoms with E-state index in [2.05, 4.69) is 5.32 Å². The lowest BCUT2D eigenvalue weighted by Gasteiger charge is -2.11. The number of aryl methyl sites for hydroxylation is 1. The van der Waals surface area contributed by atoms with Gasteiger partial charge in [0.1, 0.15) is 5.75 Å². The highest BCUT2D eigenvalue weighted by Gasteiger charge is 2.07. The van der Waals surface area contributed by atoms with Gasteiger partial charge in [0.25, 0.3) is 5.91 Å². The standard InChI is InChI=1S/C16H17NO3/c1-12-6-2-4-8-14(12)17-16(19)11-20-15-9-5-3-7-13(15)10-18/h2-9,18H,10-11H2,1H3,(H,17,19). The summed E-state index contributed by atoms with van der Waals surface area (Å²) in [5.41, 5.74) is 2.43. The van der Waals surface area contributed by atoms with Gasteiger partial charge in [0.2, 0.25) is 0 Å². The second-order valence-corrected chi connectivity index (χ2v) is 4.42. The first-order valence-corrected chi connectivity index (χ1v) is 6.37. The van der Waals surface area contributed by atoms with E-state index in [0.717, 1.165) is 11.3 Å². The number of nitrogens with one attached hydrogen (secondary N) is 1. The fraction of sp³-hybridized carbons (Fsp3) is 0.188. The molecule has 0 aliphatic rings. The normalized spacial score (nSPS) is 10.1. The van der Waals surface area contributed by atoms with Crippen LogP contribution < -0.4 is 10.1 Å². The van der Waals surface area contributed by atoms with E-state index < -0.39 is 0 Å². The topological polar surface area (TPSA) is 58.6 Å². The maximum absolute atomic E-state index is 11.8. The minimum Gasteiger partial charge on any atom is -0.483 e. The van der Waals surface area contributed by atoms with Crippen molar-refractivity contribution >= 4 is 11.6 Å². The van der Waals surface area contributed by atoms with Gasteiger partial charge in [0.15, 0.2) is 6.61 Å². The summed E-state index contributed by atoms with van der Waals surface area (Å²) < 4.78 is 5.43. The molecule has 0 spiro atoms. The lowest BCUT2D eigenvalue weighted by molar-refractivity contribution is -0.118. The molecule has 4 heteroatoms. The number of hydrogen-bond acceptors (Lipinski definition) is 3. The van der Waals surface area contributed by atoms with Gasteiger partial charge in [-0.2, -0.15) is 0 Å². The molecule has 4 nitrogen and oxygen atoms in total. The zero-order chi connectivity index (χ0) is 14.4. The van der Waals surface area contributed by atoms with Crippen LogP contribution in [-0.4, -0.2) is 17.6 Å². The Kier molecular flexibility index (Phi) is 4.74.